The lowest BCUT2D eigenvalue weighted by Crippen LogP contribution is -2.22. The van der Waals surface area contributed by atoms with Crippen LogP contribution in [0.1, 0.15) is 67.2 Å². The second kappa shape index (κ2) is 7.54. The number of rotatable bonds is 3. The zero-order chi connectivity index (χ0) is 19.5. The van der Waals surface area contributed by atoms with Gasteiger partial charge in [-0.05, 0) is 58.7 Å². The lowest BCUT2D eigenvalue weighted by Gasteiger charge is -2.21. The van der Waals surface area contributed by atoms with E-state index in [9.17, 15) is 4.79 Å². The van der Waals surface area contributed by atoms with Gasteiger partial charge in [-0.15, -0.1) is 5.92 Å². The molecule has 0 spiro atoms. The molecule has 0 atom stereocenters. The Hall–Kier alpha value is -2.27. The summed E-state index contributed by atoms with van der Waals surface area (Å²) in [5.41, 5.74) is 3.10. The summed E-state index contributed by atoms with van der Waals surface area (Å²) in [7, 11) is 1.38. The summed E-state index contributed by atoms with van der Waals surface area (Å²) >= 11 is 0. The molecular weight excluding hydrogens is 328 g/mol. The molecule has 1 aromatic rings. The Balaban J connectivity index is 2.55. The minimum absolute atomic E-state index is 0.326. The summed E-state index contributed by atoms with van der Waals surface area (Å²) in [6, 6.07) is 1.80. The van der Waals surface area contributed by atoms with Crippen molar-refractivity contribution in [2.75, 3.05) is 13.7 Å². The van der Waals surface area contributed by atoms with Gasteiger partial charge in [0.05, 0.1) is 24.9 Å². The Morgan fingerprint density at radius 1 is 1.38 bits per heavy atom. The highest BCUT2D eigenvalue weighted by atomic mass is 16.5. The summed E-state index contributed by atoms with van der Waals surface area (Å²) < 4.78 is 16.6. The number of carbonyl (C=O) groups is 1. The molecule has 0 radical (unpaired) electrons. The van der Waals surface area contributed by atoms with Gasteiger partial charge in [-0.2, -0.15) is 0 Å². The zero-order valence-corrected chi connectivity index (χ0v) is 16.6. The third kappa shape index (κ3) is 4.10. The van der Waals surface area contributed by atoms with E-state index in [2.05, 4.69) is 23.7 Å². The third-order valence-electron chi connectivity index (χ3n) is 4.48. The van der Waals surface area contributed by atoms with Gasteiger partial charge >= 0.3 is 5.97 Å². The van der Waals surface area contributed by atoms with Crippen LogP contribution < -0.4 is 0 Å². The number of hydrogen-bond donors (Lipinski definition) is 0. The highest BCUT2D eigenvalue weighted by molar-refractivity contribution is 5.92. The van der Waals surface area contributed by atoms with Crippen molar-refractivity contribution in [3.05, 3.63) is 33.9 Å². The molecule has 1 aliphatic rings. The van der Waals surface area contributed by atoms with Gasteiger partial charge in [0.1, 0.15) is 12.2 Å². The molecule has 4 heteroatoms. The minimum Gasteiger partial charge on any atom is -0.465 e. The largest absolute Gasteiger partial charge is 0.465 e. The Morgan fingerprint density at radius 3 is 2.69 bits per heavy atom. The fraction of sp³-hybridized carbons (Fsp3) is 0.500. The molecule has 1 aromatic carbocycles. The van der Waals surface area contributed by atoms with Crippen LogP contribution in [0.5, 0.6) is 0 Å². The van der Waals surface area contributed by atoms with Gasteiger partial charge in [0.15, 0.2) is 0 Å². The van der Waals surface area contributed by atoms with E-state index in [1.54, 1.807) is 13.0 Å². The molecule has 0 amide bonds. The van der Waals surface area contributed by atoms with Crippen molar-refractivity contribution in [2.45, 2.75) is 59.4 Å². The first-order valence-corrected chi connectivity index (χ1v) is 8.59. The monoisotopic (exact) mass is 354 g/mol. The van der Waals surface area contributed by atoms with Gasteiger partial charge in [0.2, 0.25) is 0 Å². The number of carbonyl (C=O) groups excluding carboxylic acids is 1. The van der Waals surface area contributed by atoms with E-state index in [4.69, 9.17) is 14.2 Å². The van der Waals surface area contributed by atoms with Crippen LogP contribution in [0.15, 0.2) is 6.07 Å². The molecule has 0 aromatic heterocycles. The number of ether oxygens (including phenoxy) is 3. The first kappa shape index (κ1) is 20.0. The first-order chi connectivity index (χ1) is 12.1. The third-order valence-corrected chi connectivity index (χ3v) is 4.48. The number of benzene rings is 1. The number of hydrogen-bond acceptors (Lipinski definition) is 4. The van der Waals surface area contributed by atoms with Crippen molar-refractivity contribution in [1.82, 2.24) is 0 Å². The van der Waals surface area contributed by atoms with E-state index in [0.29, 0.717) is 18.8 Å². The molecule has 0 aliphatic carbocycles. The van der Waals surface area contributed by atoms with Crippen LogP contribution in [0, 0.1) is 30.6 Å². The van der Waals surface area contributed by atoms with Crippen LogP contribution in [0.4, 0.5) is 0 Å². The Kier molecular flexibility index (Phi) is 5.81. The van der Waals surface area contributed by atoms with Gasteiger partial charge in [0.25, 0.3) is 0 Å². The van der Waals surface area contributed by atoms with Crippen LogP contribution in [0.25, 0.3) is 0 Å². The number of methoxy groups -OCH3 is 1. The maximum atomic E-state index is 12.2. The lowest BCUT2D eigenvalue weighted by molar-refractivity contribution is -0.00808. The van der Waals surface area contributed by atoms with Crippen LogP contribution in [-0.2, 0) is 26.4 Å². The second-order valence-electron chi connectivity index (χ2n) is 7.22. The van der Waals surface area contributed by atoms with Crippen molar-refractivity contribution < 1.29 is 19.0 Å². The number of esters is 1. The summed E-state index contributed by atoms with van der Waals surface area (Å²) in [5.74, 6) is 11.7. The van der Waals surface area contributed by atoms with E-state index < -0.39 is 11.2 Å². The van der Waals surface area contributed by atoms with Crippen LogP contribution in [0.2, 0.25) is 0 Å². The van der Waals surface area contributed by atoms with Crippen molar-refractivity contribution in [3.63, 3.8) is 0 Å². The molecule has 0 N–H and O–H groups in total. The minimum atomic E-state index is -0.656. The fourth-order valence-corrected chi connectivity index (χ4v) is 2.99. The molecule has 1 aliphatic heterocycles. The van der Waals surface area contributed by atoms with Gasteiger partial charge in [-0.1, -0.05) is 17.8 Å². The lowest BCUT2D eigenvalue weighted by atomic mass is 9.86. The topological polar surface area (TPSA) is 44.8 Å². The zero-order valence-electron chi connectivity index (χ0n) is 16.6. The molecule has 0 fully saturated rings. The molecule has 0 bridgehead atoms. The molecule has 1 heterocycles. The van der Waals surface area contributed by atoms with E-state index in [-0.39, 0.29) is 5.97 Å². The molecule has 138 valence electrons. The van der Waals surface area contributed by atoms with Crippen LogP contribution in [-0.4, -0.2) is 25.3 Å². The Morgan fingerprint density at radius 2 is 2.08 bits per heavy atom. The van der Waals surface area contributed by atoms with Gasteiger partial charge in [-0.25, -0.2) is 4.79 Å². The maximum absolute atomic E-state index is 12.2. The van der Waals surface area contributed by atoms with Crippen LogP contribution in [0.3, 0.4) is 0 Å². The van der Waals surface area contributed by atoms with E-state index >= 15 is 0 Å². The SMILES string of the molecule is CC#CCOC(C)(C)C#Cc1cc(C(=O)OC)c(C)c2c1C(C)(C)OC2. The van der Waals surface area contributed by atoms with Gasteiger partial charge in [-0.3, -0.25) is 0 Å². The summed E-state index contributed by atoms with van der Waals surface area (Å²) in [6.45, 7) is 12.3. The molecular formula is C22H26O4. The van der Waals surface area contributed by atoms with E-state index in [1.807, 2.05) is 34.6 Å². The molecule has 26 heavy (non-hydrogen) atoms. The molecule has 4 nitrogen and oxygen atoms in total. The predicted molar refractivity (Wildman–Crippen MR) is 101 cm³/mol. The fourth-order valence-electron chi connectivity index (χ4n) is 2.99. The number of fused-ring (bicyclic) bond motifs is 1. The van der Waals surface area contributed by atoms with Crippen molar-refractivity contribution >= 4 is 5.97 Å². The van der Waals surface area contributed by atoms with Crippen LogP contribution >= 0.6 is 0 Å². The predicted octanol–water partition coefficient (Wildman–Crippen LogP) is 3.72. The molecule has 0 unspecified atom stereocenters. The first-order valence-electron chi connectivity index (χ1n) is 8.59. The molecule has 0 saturated carbocycles. The average molecular weight is 354 g/mol. The van der Waals surface area contributed by atoms with Gasteiger partial charge < -0.3 is 14.2 Å². The summed E-state index contributed by atoms with van der Waals surface area (Å²) in [5, 5.41) is 0. The maximum Gasteiger partial charge on any atom is 0.338 e. The van der Waals surface area contributed by atoms with Crippen molar-refractivity contribution in [2.24, 2.45) is 0 Å². The standard InChI is InChI=1S/C22H26O4/c1-8-9-12-25-21(3,4)11-10-16-13-17(20(23)24-7)15(2)18-14-26-22(5,6)19(16)18/h13H,12,14H2,1-7H3. The highest BCUT2D eigenvalue weighted by Crippen LogP contribution is 2.41. The Labute approximate surface area is 156 Å². The van der Waals surface area contributed by atoms with E-state index in [0.717, 1.165) is 22.3 Å². The average Bonchev–Trinajstić information content (AvgIpc) is 2.90. The molecule has 0 saturated heterocycles. The quantitative estimate of drug-likeness (QED) is 0.613. The van der Waals surface area contributed by atoms with Gasteiger partial charge in [0, 0.05) is 11.1 Å². The Bertz CT molecular complexity index is 839. The normalized spacial score (nSPS) is 14.6. The summed E-state index contributed by atoms with van der Waals surface area (Å²) in [6.07, 6.45) is 0. The summed E-state index contributed by atoms with van der Waals surface area (Å²) in [4.78, 5) is 12.2. The van der Waals surface area contributed by atoms with Crippen molar-refractivity contribution in [1.29, 1.82) is 0 Å². The second-order valence-corrected chi connectivity index (χ2v) is 7.22. The molecule has 2 rings (SSSR count). The van der Waals surface area contributed by atoms with E-state index in [1.165, 1.54) is 7.11 Å². The highest BCUT2D eigenvalue weighted by Gasteiger charge is 2.36. The van der Waals surface area contributed by atoms with Crippen molar-refractivity contribution in [3.8, 4) is 23.7 Å². The smallest absolute Gasteiger partial charge is 0.338 e.